The molecule has 8 heteroatoms. The summed E-state index contributed by atoms with van der Waals surface area (Å²) in [5.41, 5.74) is 1.41. The lowest BCUT2D eigenvalue weighted by molar-refractivity contribution is -0.138. The average molecular weight is 443 g/mol. The Balaban J connectivity index is 1.67. The molecule has 0 radical (unpaired) electrons. The molecule has 0 aromatic heterocycles. The van der Waals surface area contributed by atoms with Gasteiger partial charge in [-0.1, -0.05) is 18.2 Å². The van der Waals surface area contributed by atoms with Crippen LogP contribution >= 0.6 is 0 Å². The Kier molecular flexibility index (Phi) is 5.97. The van der Waals surface area contributed by atoms with Crippen LogP contribution in [-0.4, -0.2) is 48.5 Å². The van der Waals surface area contributed by atoms with Crippen molar-refractivity contribution in [2.75, 3.05) is 26.7 Å². The Labute approximate surface area is 184 Å². The van der Waals surface area contributed by atoms with Gasteiger partial charge >= 0.3 is 6.18 Å². The van der Waals surface area contributed by atoms with Crippen LogP contribution in [0.25, 0.3) is 5.57 Å². The highest BCUT2D eigenvalue weighted by molar-refractivity contribution is 6.00. The van der Waals surface area contributed by atoms with Crippen LogP contribution in [0.1, 0.15) is 18.1 Å². The van der Waals surface area contributed by atoms with Crippen molar-refractivity contribution in [3.05, 3.63) is 83.4 Å². The lowest BCUT2D eigenvalue weighted by Gasteiger charge is -2.36. The molecule has 3 aliphatic rings. The van der Waals surface area contributed by atoms with Gasteiger partial charge in [0.25, 0.3) is 5.91 Å². The second-order valence-corrected chi connectivity index (χ2v) is 7.86. The predicted octanol–water partition coefficient (Wildman–Crippen LogP) is 4.08. The van der Waals surface area contributed by atoms with E-state index in [4.69, 9.17) is 4.74 Å². The minimum absolute atomic E-state index is 0.260. The molecule has 3 aliphatic heterocycles. The Morgan fingerprint density at radius 2 is 1.94 bits per heavy atom. The second kappa shape index (κ2) is 8.70. The van der Waals surface area contributed by atoms with Gasteiger partial charge in [0.15, 0.2) is 0 Å². The van der Waals surface area contributed by atoms with Crippen LogP contribution < -0.4 is 10.1 Å². The SMILES string of the molecule is COc1ccc(C2=CC(=O)N3C=C(N4CCN[C@@H](C)C4)C=C/C3=C\C=C2)cc1C(F)(F)F. The molecule has 1 amide bonds. The molecule has 168 valence electrons. The van der Waals surface area contributed by atoms with Gasteiger partial charge in [0.2, 0.25) is 0 Å². The molecule has 1 aromatic carbocycles. The molecule has 1 saturated heterocycles. The summed E-state index contributed by atoms with van der Waals surface area (Å²) in [6.07, 6.45) is 7.56. The van der Waals surface area contributed by atoms with Gasteiger partial charge in [-0.25, -0.2) is 0 Å². The van der Waals surface area contributed by atoms with E-state index in [1.54, 1.807) is 24.4 Å². The Hall–Kier alpha value is -3.26. The first-order valence-electron chi connectivity index (χ1n) is 10.3. The van der Waals surface area contributed by atoms with Crippen molar-refractivity contribution in [2.45, 2.75) is 19.1 Å². The summed E-state index contributed by atoms with van der Waals surface area (Å²) in [7, 11) is 1.20. The number of halogens is 3. The Morgan fingerprint density at radius 1 is 1.16 bits per heavy atom. The third kappa shape index (κ3) is 4.50. The third-order valence-corrected chi connectivity index (χ3v) is 5.60. The van der Waals surface area contributed by atoms with Crippen molar-refractivity contribution in [3.63, 3.8) is 0 Å². The van der Waals surface area contributed by atoms with Crippen molar-refractivity contribution in [1.29, 1.82) is 0 Å². The van der Waals surface area contributed by atoms with E-state index >= 15 is 0 Å². The average Bonchev–Trinajstić information content (AvgIpc) is 2.76. The fraction of sp³-hybridized carbons (Fsp3) is 0.292. The molecule has 1 fully saturated rings. The molecule has 0 aliphatic carbocycles. The zero-order valence-corrected chi connectivity index (χ0v) is 17.8. The summed E-state index contributed by atoms with van der Waals surface area (Å²) in [6, 6.07) is 4.13. The number of carbonyl (C=O) groups excluding carboxylic acids is 1. The zero-order valence-electron chi connectivity index (χ0n) is 17.8. The van der Waals surface area contributed by atoms with Crippen molar-refractivity contribution < 1.29 is 22.7 Å². The first kappa shape index (κ1) is 22.0. The largest absolute Gasteiger partial charge is 0.496 e. The number of amides is 1. The molecule has 5 nitrogen and oxygen atoms in total. The van der Waals surface area contributed by atoms with Gasteiger partial charge in [-0.3, -0.25) is 9.69 Å². The molecule has 4 rings (SSSR count). The number of hydrogen-bond donors (Lipinski definition) is 1. The lowest BCUT2D eigenvalue weighted by atomic mass is 9.99. The van der Waals surface area contributed by atoms with Gasteiger partial charge in [-0.15, -0.1) is 0 Å². The highest BCUT2D eigenvalue weighted by Gasteiger charge is 2.34. The van der Waals surface area contributed by atoms with E-state index in [1.807, 2.05) is 12.2 Å². The number of allylic oxidation sites excluding steroid dienone is 6. The van der Waals surface area contributed by atoms with Crippen molar-refractivity contribution in [2.24, 2.45) is 0 Å². The van der Waals surface area contributed by atoms with E-state index in [-0.39, 0.29) is 17.2 Å². The van der Waals surface area contributed by atoms with E-state index in [1.165, 1.54) is 30.2 Å². The molecule has 0 saturated carbocycles. The molecule has 3 heterocycles. The maximum absolute atomic E-state index is 13.4. The zero-order chi connectivity index (χ0) is 22.9. The summed E-state index contributed by atoms with van der Waals surface area (Å²) in [6.45, 7) is 4.61. The molecular formula is C24H24F3N3O2. The first-order chi connectivity index (χ1) is 15.3. The van der Waals surface area contributed by atoms with Gasteiger partial charge in [-0.05, 0) is 48.4 Å². The summed E-state index contributed by atoms with van der Waals surface area (Å²) in [5.74, 6) is -0.589. The van der Waals surface area contributed by atoms with Crippen molar-refractivity contribution in [1.82, 2.24) is 15.1 Å². The number of fused-ring (bicyclic) bond motifs is 1. The van der Waals surface area contributed by atoms with Crippen LogP contribution in [0.4, 0.5) is 13.2 Å². The number of hydrogen-bond acceptors (Lipinski definition) is 4. The molecule has 1 atom stereocenters. The normalized spacial score (nSPS) is 23.0. The molecule has 0 unspecified atom stereocenters. The molecule has 0 spiro atoms. The summed E-state index contributed by atoms with van der Waals surface area (Å²) in [4.78, 5) is 16.8. The molecule has 32 heavy (non-hydrogen) atoms. The summed E-state index contributed by atoms with van der Waals surface area (Å²) >= 11 is 0. The van der Waals surface area contributed by atoms with Crippen LogP contribution in [0.15, 0.2) is 72.2 Å². The van der Waals surface area contributed by atoms with Crippen LogP contribution in [0, 0.1) is 0 Å². The monoisotopic (exact) mass is 443 g/mol. The van der Waals surface area contributed by atoms with E-state index < -0.39 is 11.7 Å². The van der Waals surface area contributed by atoms with Gasteiger partial charge in [-0.2, -0.15) is 13.2 Å². The molecular weight excluding hydrogens is 419 g/mol. The summed E-state index contributed by atoms with van der Waals surface area (Å²) in [5, 5.41) is 3.39. The van der Waals surface area contributed by atoms with Crippen LogP contribution in [0.3, 0.4) is 0 Å². The van der Waals surface area contributed by atoms with E-state index in [2.05, 4.69) is 17.1 Å². The number of nitrogens with one attached hydrogen (secondary N) is 1. The van der Waals surface area contributed by atoms with Crippen molar-refractivity contribution in [3.8, 4) is 5.75 Å². The number of carbonyl (C=O) groups is 1. The maximum atomic E-state index is 13.4. The summed E-state index contributed by atoms with van der Waals surface area (Å²) < 4.78 is 45.2. The van der Waals surface area contributed by atoms with Crippen LogP contribution in [0.2, 0.25) is 0 Å². The number of alkyl halides is 3. The topological polar surface area (TPSA) is 44.8 Å². The minimum Gasteiger partial charge on any atom is -0.496 e. The van der Waals surface area contributed by atoms with Gasteiger partial charge in [0.05, 0.1) is 18.4 Å². The lowest BCUT2D eigenvalue weighted by Crippen LogP contribution is -2.48. The van der Waals surface area contributed by atoms with Crippen molar-refractivity contribution >= 4 is 11.5 Å². The maximum Gasteiger partial charge on any atom is 0.419 e. The number of ether oxygens (including phenoxy) is 1. The smallest absolute Gasteiger partial charge is 0.419 e. The quantitative estimate of drug-likeness (QED) is 0.765. The number of methoxy groups -OCH3 is 1. The molecule has 0 bridgehead atoms. The predicted molar refractivity (Wildman–Crippen MR) is 116 cm³/mol. The second-order valence-electron chi connectivity index (χ2n) is 7.86. The number of rotatable bonds is 3. The molecule has 1 aromatic rings. The standard InChI is InChI=1S/C24H24F3N3O2/c1-16-14-29(11-10-28-16)20-8-7-19-5-3-4-17(13-23(31)30(19)15-20)18-6-9-22(32-2)21(12-18)24(25,26)27/h3-9,12-13,15-16,28H,10-11,14H2,1-2H3/b4-3?,17-13?,19-5+/t16-/m0/s1. The highest BCUT2D eigenvalue weighted by atomic mass is 19.4. The number of benzene rings is 1. The van der Waals surface area contributed by atoms with E-state index in [9.17, 15) is 18.0 Å². The van der Waals surface area contributed by atoms with E-state index in [0.717, 1.165) is 31.4 Å². The van der Waals surface area contributed by atoms with Crippen LogP contribution in [0.5, 0.6) is 5.75 Å². The number of nitrogens with zero attached hydrogens (tertiary/aromatic N) is 2. The minimum atomic E-state index is -4.57. The number of piperazine rings is 1. The Bertz CT molecular complexity index is 1070. The van der Waals surface area contributed by atoms with Gasteiger partial charge in [0, 0.05) is 43.6 Å². The van der Waals surface area contributed by atoms with Gasteiger partial charge in [0.1, 0.15) is 5.75 Å². The van der Waals surface area contributed by atoms with Gasteiger partial charge < -0.3 is 15.0 Å². The fourth-order valence-electron chi connectivity index (χ4n) is 3.97. The van der Waals surface area contributed by atoms with Crippen LogP contribution in [-0.2, 0) is 11.0 Å². The highest BCUT2D eigenvalue weighted by Crippen LogP contribution is 2.38. The molecule has 1 N–H and O–H groups in total. The first-order valence-corrected chi connectivity index (χ1v) is 10.3. The third-order valence-electron chi connectivity index (χ3n) is 5.60. The fourth-order valence-corrected chi connectivity index (χ4v) is 3.97. The Morgan fingerprint density at radius 3 is 2.66 bits per heavy atom. The van der Waals surface area contributed by atoms with E-state index in [0.29, 0.717) is 17.3 Å².